The molecule has 206 valence electrons. The van der Waals surface area contributed by atoms with Gasteiger partial charge in [-0.05, 0) is 87.8 Å². The standard InChI is InChI=1S/C32H40N4O3/c1-8-28(37)25-18-33-36-20(4)15-23(17-27(25)36)30-29(19(2)3)24-16-22(9-10-26(24)34-30)21-11-13-35(14-12-21)31(38)39-32(5,6)7/h9-10,15-19,21,34H,8,11-14H2,1-7H3. The van der Waals surface area contributed by atoms with Crippen LogP contribution < -0.4 is 0 Å². The molecule has 0 saturated carbocycles. The van der Waals surface area contributed by atoms with Crippen LogP contribution in [0.3, 0.4) is 0 Å². The molecule has 4 aromatic rings. The van der Waals surface area contributed by atoms with Crippen LogP contribution in [-0.2, 0) is 4.74 Å². The molecule has 0 unspecified atom stereocenters. The summed E-state index contributed by atoms with van der Waals surface area (Å²) < 4.78 is 7.43. The SMILES string of the molecule is CCC(=O)c1cnn2c(C)cc(-c3[nH]c4ccc(C5CCN(C(=O)OC(C)(C)C)CC5)cc4c3C(C)C)cc12. The molecule has 1 aliphatic rings. The number of hydrogen-bond acceptors (Lipinski definition) is 4. The number of carbonyl (C=O) groups is 2. The van der Waals surface area contributed by atoms with Crippen LogP contribution in [0.15, 0.2) is 36.5 Å². The Morgan fingerprint density at radius 2 is 1.85 bits per heavy atom. The van der Waals surface area contributed by atoms with Gasteiger partial charge >= 0.3 is 6.09 Å². The lowest BCUT2D eigenvalue weighted by molar-refractivity contribution is 0.0204. The number of ether oxygens (including phenoxy) is 1. The Morgan fingerprint density at radius 3 is 2.49 bits per heavy atom. The minimum atomic E-state index is -0.480. The highest BCUT2D eigenvalue weighted by Crippen LogP contribution is 2.39. The number of piperidine rings is 1. The number of aromatic amines is 1. The number of Topliss-reactive ketones (excluding diaryl/α,β-unsaturated/α-hetero) is 1. The average molecular weight is 529 g/mol. The van der Waals surface area contributed by atoms with Crippen molar-refractivity contribution >= 4 is 28.3 Å². The van der Waals surface area contributed by atoms with E-state index >= 15 is 0 Å². The summed E-state index contributed by atoms with van der Waals surface area (Å²) in [7, 11) is 0. The maximum atomic E-state index is 12.6. The van der Waals surface area contributed by atoms with Gasteiger partial charge in [0.05, 0.1) is 23.0 Å². The fourth-order valence-corrected chi connectivity index (χ4v) is 5.84. The van der Waals surface area contributed by atoms with Crippen LogP contribution in [0.2, 0.25) is 0 Å². The predicted octanol–water partition coefficient (Wildman–Crippen LogP) is 7.62. The molecule has 1 aliphatic heterocycles. The van der Waals surface area contributed by atoms with Crippen molar-refractivity contribution in [1.29, 1.82) is 0 Å². The second kappa shape index (κ2) is 10.2. The van der Waals surface area contributed by atoms with E-state index in [0.29, 0.717) is 36.9 Å². The third-order valence-corrected chi connectivity index (χ3v) is 7.77. The number of ketones is 1. The first-order valence-electron chi connectivity index (χ1n) is 14.1. The summed E-state index contributed by atoms with van der Waals surface area (Å²) in [4.78, 5) is 30.6. The molecular weight excluding hydrogens is 488 g/mol. The Balaban J connectivity index is 1.48. The quantitative estimate of drug-likeness (QED) is 0.270. The van der Waals surface area contributed by atoms with Crippen LogP contribution >= 0.6 is 0 Å². The molecule has 1 amide bonds. The van der Waals surface area contributed by atoms with Gasteiger partial charge in [0.2, 0.25) is 0 Å². The summed E-state index contributed by atoms with van der Waals surface area (Å²) in [6.45, 7) is 15.5. The monoisotopic (exact) mass is 528 g/mol. The second-order valence-electron chi connectivity index (χ2n) is 12.1. The zero-order chi connectivity index (χ0) is 28.1. The zero-order valence-corrected chi connectivity index (χ0v) is 24.2. The first-order valence-corrected chi connectivity index (χ1v) is 14.1. The van der Waals surface area contributed by atoms with Gasteiger partial charge in [0.15, 0.2) is 5.78 Å². The number of aromatic nitrogens is 3. The van der Waals surface area contributed by atoms with E-state index in [1.807, 2.05) is 44.0 Å². The van der Waals surface area contributed by atoms with E-state index in [2.05, 4.69) is 54.3 Å². The van der Waals surface area contributed by atoms with E-state index < -0.39 is 5.60 Å². The van der Waals surface area contributed by atoms with Gasteiger partial charge in [-0.2, -0.15) is 5.10 Å². The van der Waals surface area contributed by atoms with Crippen molar-refractivity contribution in [3.05, 3.63) is 58.9 Å². The number of aryl methyl sites for hydroxylation is 1. The third kappa shape index (κ3) is 5.19. The van der Waals surface area contributed by atoms with Crippen molar-refractivity contribution in [3.8, 4) is 11.3 Å². The largest absolute Gasteiger partial charge is 0.444 e. The summed E-state index contributed by atoms with van der Waals surface area (Å²) in [5.41, 5.74) is 7.90. The van der Waals surface area contributed by atoms with Gasteiger partial charge in [0, 0.05) is 41.7 Å². The molecule has 0 spiro atoms. The summed E-state index contributed by atoms with van der Waals surface area (Å²) >= 11 is 0. The van der Waals surface area contributed by atoms with Gasteiger partial charge in [0.1, 0.15) is 5.60 Å². The highest BCUT2D eigenvalue weighted by Gasteiger charge is 2.28. The Morgan fingerprint density at radius 1 is 1.13 bits per heavy atom. The van der Waals surface area contributed by atoms with E-state index in [-0.39, 0.29) is 11.9 Å². The number of H-pyrrole nitrogens is 1. The summed E-state index contributed by atoms with van der Waals surface area (Å²) in [5.74, 6) is 0.806. The van der Waals surface area contributed by atoms with E-state index in [0.717, 1.165) is 40.8 Å². The molecular formula is C32H40N4O3. The first kappa shape index (κ1) is 27.0. The number of carbonyl (C=O) groups excluding carboxylic acids is 2. The van der Waals surface area contributed by atoms with Crippen molar-refractivity contribution in [2.45, 2.75) is 85.2 Å². The molecule has 1 fully saturated rings. The van der Waals surface area contributed by atoms with E-state index in [9.17, 15) is 9.59 Å². The molecule has 5 rings (SSSR count). The molecule has 3 aromatic heterocycles. The highest BCUT2D eigenvalue weighted by molar-refractivity contribution is 6.03. The molecule has 7 heteroatoms. The number of rotatable bonds is 5. The van der Waals surface area contributed by atoms with Crippen LogP contribution in [0, 0.1) is 6.92 Å². The van der Waals surface area contributed by atoms with Gasteiger partial charge in [0.25, 0.3) is 0 Å². The second-order valence-corrected chi connectivity index (χ2v) is 12.1. The Kier molecular flexibility index (Phi) is 7.04. The van der Waals surface area contributed by atoms with Crippen molar-refractivity contribution in [2.75, 3.05) is 13.1 Å². The molecule has 1 saturated heterocycles. The number of likely N-dealkylation sites (tertiary alicyclic amines) is 1. The number of pyridine rings is 1. The molecule has 0 bridgehead atoms. The molecule has 0 atom stereocenters. The van der Waals surface area contributed by atoms with Crippen LogP contribution in [0.1, 0.15) is 99.8 Å². The Bertz CT molecular complexity index is 1550. The van der Waals surface area contributed by atoms with Crippen molar-refractivity contribution in [2.24, 2.45) is 0 Å². The lowest BCUT2D eigenvalue weighted by atomic mass is 9.87. The van der Waals surface area contributed by atoms with E-state index in [1.54, 1.807) is 6.20 Å². The van der Waals surface area contributed by atoms with E-state index in [4.69, 9.17) is 4.74 Å². The van der Waals surface area contributed by atoms with Crippen molar-refractivity contribution in [3.63, 3.8) is 0 Å². The Labute approximate surface area is 230 Å². The van der Waals surface area contributed by atoms with Crippen LogP contribution in [-0.4, -0.2) is 50.1 Å². The molecule has 4 heterocycles. The lowest BCUT2D eigenvalue weighted by Gasteiger charge is -2.33. The van der Waals surface area contributed by atoms with E-state index in [1.165, 1.54) is 16.5 Å². The third-order valence-electron chi connectivity index (χ3n) is 7.77. The molecule has 1 aromatic carbocycles. The van der Waals surface area contributed by atoms with Crippen LogP contribution in [0.25, 0.3) is 27.7 Å². The lowest BCUT2D eigenvalue weighted by Crippen LogP contribution is -2.41. The molecule has 0 radical (unpaired) electrons. The number of fused-ring (bicyclic) bond motifs is 2. The van der Waals surface area contributed by atoms with Gasteiger partial charge < -0.3 is 14.6 Å². The number of nitrogens with zero attached hydrogens (tertiary/aromatic N) is 3. The summed E-state index contributed by atoms with van der Waals surface area (Å²) in [6.07, 6.45) is 3.76. The van der Waals surface area contributed by atoms with Crippen molar-refractivity contribution < 1.29 is 14.3 Å². The predicted molar refractivity (Wildman–Crippen MR) is 156 cm³/mol. The van der Waals surface area contributed by atoms with Gasteiger partial charge in [-0.15, -0.1) is 0 Å². The normalized spacial score (nSPS) is 15.0. The molecule has 7 nitrogen and oxygen atoms in total. The number of benzene rings is 1. The fraction of sp³-hybridized carbons (Fsp3) is 0.469. The first-order chi connectivity index (χ1) is 18.5. The van der Waals surface area contributed by atoms with Gasteiger partial charge in [-0.3, -0.25) is 4.79 Å². The van der Waals surface area contributed by atoms with Crippen molar-refractivity contribution in [1.82, 2.24) is 19.5 Å². The van der Waals surface area contributed by atoms with Gasteiger partial charge in [-0.1, -0.05) is 26.8 Å². The maximum absolute atomic E-state index is 12.6. The fourth-order valence-electron chi connectivity index (χ4n) is 5.84. The number of amides is 1. The molecule has 39 heavy (non-hydrogen) atoms. The molecule has 1 N–H and O–H groups in total. The molecule has 0 aliphatic carbocycles. The van der Waals surface area contributed by atoms with Crippen LogP contribution in [0.4, 0.5) is 4.79 Å². The highest BCUT2D eigenvalue weighted by atomic mass is 16.6. The topological polar surface area (TPSA) is 79.7 Å². The zero-order valence-electron chi connectivity index (χ0n) is 24.2. The Hall–Kier alpha value is -3.61. The van der Waals surface area contributed by atoms with Gasteiger partial charge in [-0.25, -0.2) is 9.31 Å². The number of hydrogen-bond donors (Lipinski definition) is 1. The minimum absolute atomic E-state index is 0.102. The summed E-state index contributed by atoms with van der Waals surface area (Å²) in [5, 5.41) is 5.71. The minimum Gasteiger partial charge on any atom is -0.444 e. The smallest absolute Gasteiger partial charge is 0.410 e. The average Bonchev–Trinajstić information content (AvgIpc) is 3.49. The summed E-state index contributed by atoms with van der Waals surface area (Å²) in [6, 6.07) is 11.0. The number of nitrogens with one attached hydrogen (secondary N) is 1. The maximum Gasteiger partial charge on any atom is 0.410 e. The van der Waals surface area contributed by atoms with Crippen LogP contribution in [0.5, 0.6) is 0 Å².